The summed E-state index contributed by atoms with van der Waals surface area (Å²) in [5, 5.41) is 23.3. The number of aromatic carboxylic acids is 1. The summed E-state index contributed by atoms with van der Waals surface area (Å²) >= 11 is 0. The Balaban J connectivity index is 1.84. The van der Waals surface area contributed by atoms with Crippen LogP contribution in [-0.2, 0) is 0 Å². The van der Waals surface area contributed by atoms with Crippen molar-refractivity contribution in [3.63, 3.8) is 0 Å². The number of rotatable bonds is 5. The molecule has 1 N–H and O–H groups in total. The second-order valence-corrected chi connectivity index (χ2v) is 8.26. The summed E-state index contributed by atoms with van der Waals surface area (Å²) < 4.78 is 51.0. The monoisotopic (exact) mass is 519 g/mol. The number of pyridine rings is 2. The number of aromatic nitrogens is 4. The Labute approximate surface area is 212 Å². The van der Waals surface area contributed by atoms with E-state index in [0.29, 0.717) is 33.6 Å². The number of alkyl halides is 3. The van der Waals surface area contributed by atoms with Crippen molar-refractivity contribution < 1.29 is 32.3 Å². The van der Waals surface area contributed by atoms with Crippen LogP contribution in [0, 0.1) is 25.2 Å². The number of hydrogen-bond donors (Lipinski definition) is 1. The predicted octanol–water partition coefficient (Wildman–Crippen LogP) is 5.83. The number of ether oxygens (including phenoxy) is 1. The van der Waals surface area contributed by atoms with E-state index in [1.54, 1.807) is 38.2 Å². The molecule has 5 aromatic rings. The molecule has 0 saturated carbocycles. The van der Waals surface area contributed by atoms with Gasteiger partial charge in [0.1, 0.15) is 23.2 Å². The maximum Gasteiger partial charge on any atom is 0.573 e. The number of halogens is 3. The van der Waals surface area contributed by atoms with E-state index in [0.717, 1.165) is 6.07 Å². The Morgan fingerprint density at radius 3 is 2.61 bits per heavy atom. The van der Waals surface area contributed by atoms with Gasteiger partial charge in [0.05, 0.1) is 16.8 Å². The number of aryl methyl sites for hydroxylation is 2. The quantitative estimate of drug-likeness (QED) is 0.307. The molecule has 9 nitrogen and oxygen atoms in total. The van der Waals surface area contributed by atoms with Crippen LogP contribution in [0.25, 0.3) is 39.1 Å². The maximum atomic E-state index is 13.3. The fraction of sp³-hybridized carbons (Fsp3) is 0.115. The van der Waals surface area contributed by atoms with E-state index in [4.69, 9.17) is 4.52 Å². The van der Waals surface area contributed by atoms with E-state index in [2.05, 4.69) is 19.9 Å². The molecule has 0 spiro atoms. The SMILES string of the molecule is Cc1noc(C)c1-c1cnc2c(c1)c(-c1ccc(C(=O)O)cc1OC(F)(F)F)cn2-c1ncccc1C#N. The van der Waals surface area contributed by atoms with Gasteiger partial charge in [0, 0.05) is 46.2 Å². The van der Waals surface area contributed by atoms with Gasteiger partial charge in [-0.25, -0.2) is 14.8 Å². The Kier molecular flexibility index (Phi) is 5.83. The van der Waals surface area contributed by atoms with Crippen molar-refractivity contribution in [2.24, 2.45) is 0 Å². The molecule has 4 heterocycles. The van der Waals surface area contributed by atoms with Crippen LogP contribution in [0.2, 0.25) is 0 Å². The molecule has 0 saturated heterocycles. The number of hydrogen-bond acceptors (Lipinski definition) is 7. The number of fused-ring (bicyclic) bond motifs is 1. The van der Waals surface area contributed by atoms with Crippen molar-refractivity contribution in [3.8, 4) is 39.9 Å². The van der Waals surface area contributed by atoms with Crippen molar-refractivity contribution >= 4 is 17.0 Å². The zero-order valence-corrected chi connectivity index (χ0v) is 19.7. The van der Waals surface area contributed by atoms with Gasteiger partial charge >= 0.3 is 12.3 Å². The molecular weight excluding hydrogens is 503 g/mol. The van der Waals surface area contributed by atoms with Crippen LogP contribution in [0.4, 0.5) is 13.2 Å². The molecule has 0 amide bonds. The summed E-state index contributed by atoms with van der Waals surface area (Å²) in [5.41, 5.74) is 2.17. The normalized spacial score (nSPS) is 11.5. The molecule has 190 valence electrons. The fourth-order valence-electron chi connectivity index (χ4n) is 4.28. The van der Waals surface area contributed by atoms with Crippen LogP contribution in [0.15, 0.2) is 59.5 Å². The summed E-state index contributed by atoms with van der Waals surface area (Å²) in [6.45, 7) is 3.47. The molecule has 12 heteroatoms. The lowest BCUT2D eigenvalue weighted by Gasteiger charge is -2.14. The van der Waals surface area contributed by atoms with Crippen LogP contribution >= 0.6 is 0 Å². The summed E-state index contributed by atoms with van der Waals surface area (Å²) in [6.07, 6.45) is -0.569. The first-order valence-corrected chi connectivity index (χ1v) is 11.0. The first kappa shape index (κ1) is 24.5. The molecule has 5 rings (SSSR count). The fourth-order valence-corrected chi connectivity index (χ4v) is 4.28. The second-order valence-electron chi connectivity index (χ2n) is 8.26. The number of carboxylic acids is 1. The molecule has 0 aliphatic carbocycles. The molecule has 4 aromatic heterocycles. The molecule has 0 unspecified atom stereocenters. The lowest BCUT2D eigenvalue weighted by atomic mass is 10.00. The molecule has 38 heavy (non-hydrogen) atoms. The zero-order chi connectivity index (χ0) is 27.2. The minimum Gasteiger partial charge on any atom is -0.478 e. The van der Waals surface area contributed by atoms with Gasteiger partial charge in [-0.1, -0.05) is 5.16 Å². The third kappa shape index (κ3) is 4.30. The van der Waals surface area contributed by atoms with Crippen molar-refractivity contribution in [3.05, 3.63) is 77.6 Å². The highest BCUT2D eigenvalue weighted by Crippen LogP contribution is 2.41. The van der Waals surface area contributed by atoms with E-state index < -0.39 is 18.1 Å². The number of nitrogens with zero attached hydrogens (tertiary/aromatic N) is 5. The summed E-state index contributed by atoms with van der Waals surface area (Å²) in [4.78, 5) is 20.3. The molecule has 0 fully saturated rings. The molecule has 1 aromatic carbocycles. The van der Waals surface area contributed by atoms with Crippen LogP contribution in [-0.4, -0.2) is 37.1 Å². The Morgan fingerprint density at radius 2 is 1.95 bits per heavy atom. The first-order valence-electron chi connectivity index (χ1n) is 11.0. The van der Waals surface area contributed by atoms with E-state index in [9.17, 15) is 28.3 Å². The number of benzene rings is 1. The lowest BCUT2D eigenvalue weighted by molar-refractivity contribution is -0.274. The van der Waals surface area contributed by atoms with Crippen molar-refractivity contribution in [1.82, 2.24) is 19.7 Å². The third-order valence-electron chi connectivity index (χ3n) is 5.85. The van der Waals surface area contributed by atoms with Crippen molar-refractivity contribution in [2.45, 2.75) is 20.2 Å². The summed E-state index contributed by atoms with van der Waals surface area (Å²) in [5.74, 6) is -1.39. The molecule has 0 aliphatic rings. The first-order chi connectivity index (χ1) is 18.1. The second kappa shape index (κ2) is 9.04. The van der Waals surface area contributed by atoms with Crippen LogP contribution in [0.1, 0.15) is 27.4 Å². The van der Waals surface area contributed by atoms with Gasteiger partial charge in [-0.05, 0) is 50.2 Å². The molecule has 0 bridgehead atoms. The topological polar surface area (TPSA) is 127 Å². The van der Waals surface area contributed by atoms with Gasteiger partial charge in [0.2, 0.25) is 0 Å². The van der Waals surface area contributed by atoms with E-state index in [1.165, 1.54) is 29.1 Å². The van der Waals surface area contributed by atoms with Crippen molar-refractivity contribution in [1.29, 1.82) is 5.26 Å². The number of nitriles is 1. The molecule has 0 radical (unpaired) electrons. The lowest BCUT2D eigenvalue weighted by Crippen LogP contribution is -2.18. The molecular formula is C26H16F3N5O4. The van der Waals surface area contributed by atoms with E-state index in [1.807, 2.05) is 6.07 Å². The molecule has 0 atom stereocenters. The average molecular weight is 519 g/mol. The smallest absolute Gasteiger partial charge is 0.478 e. The van der Waals surface area contributed by atoms with Crippen molar-refractivity contribution in [2.75, 3.05) is 0 Å². The van der Waals surface area contributed by atoms with Gasteiger partial charge in [-0.3, -0.25) is 4.57 Å². The Bertz CT molecular complexity index is 1750. The minimum atomic E-state index is -5.08. The highest BCUT2D eigenvalue weighted by Gasteiger charge is 2.33. The van der Waals surface area contributed by atoms with Gasteiger partial charge in [-0.2, -0.15) is 5.26 Å². The van der Waals surface area contributed by atoms with E-state index >= 15 is 0 Å². The Hall–Kier alpha value is -5.18. The Morgan fingerprint density at radius 1 is 1.16 bits per heavy atom. The predicted molar refractivity (Wildman–Crippen MR) is 128 cm³/mol. The molecule has 0 aliphatic heterocycles. The minimum absolute atomic E-state index is 0.0387. The average Bonchev–Trinajstić information content (AvgIpc) is 3.41. The number of carboxylic acid groups (broad SMARTS) is 1. The standard InChI is InChI=1S/C26H16F3N5O4/c1-13-22(14(2)38-33-13)17-8-19-20(18-6-5-15(25(35)36)9-21(18)37-26(27,28)29)12-34(24(19)32-11-17)23-16(10-30)4-3-7-31-23/h3-9,11-12H,1-2H3,(H,35,36). The van der Waals surface area contributed by atoms with Gasteiger partial charge in [0.15, 0.2) is 5.82 Å². The van der Waals surface area contributed by atoms with Gasteiger partial charge < -0.3 is 14.4 Å². The zero-order valence-electron chi connectivity index (χ0n) is 19.7. The van der Waals surface area contributed by atoms with Crippen LogP contribution in [0.3, 0.4) is 0 Å². The van der Waals surface area contributed by atoms with E-state index in [-0.39, 0.29) is 28.1 Å². The van der Waals surface area contributed by atoms with Crippen LogP contribution in [0.5, 0.6) is 5.75 Å². The highest BCUT2D eigenvalue weighted by molar-refractivity contribution is 6.00. The summed E-state index contributed by atoms with van der Waals surface area (Å²) in [6, 6.07) is 10.1. The maximum absolute atomic E-state index is 13.3. The highest BCUT2D eigenvalue weighted by atomic mass is 19.4. The van der Waals surface area contributed by atoms with Gasteiger partial charge in [0.25, 0.3) is 0 Å². The van der Waals surface area contributed by atoms with Gasteiger partial charge in [-0.15, -0.1) is 13.2 Å². The van der Waals surface area contributed by atoms with Crippen LogP contribution < -0.4 is 4.74 Å². The largest absolute Gasteiger partial charge is 0.573 e. The third-order valence-corrected chi connectivity index (χ3v) is 5.85. The number of carbonyl (C=O) groups is 1. The summed E-state index contributed by atoms with van der Waals surface area (Å²) in [7, 11) is 0.